The van der Waals surface area contributed by atoms with Gasteiger partial charge in [-0.15, -0.1) is 0 Å². The van der Waals surface area contributed by atoms with Crippen LogP contribution in [0, 0.1) is 11.8 Å². The molecular weight excluding hydrogens is 174 g/mol. The lowest BCUT2D eigenvalue weighted by Gasteiger charge is -2.32. The number of nitrogens with one attached hydrogen (secondary N) is 1. The van der Waals surface area contributed by atoms with Crippen molar-refractivity contribution < 1.29 is 4.79 Å². The molecule has 1 rings (SSSR count). The van der Waals surface area contributed by atoms with E-state index < -0.39 is 0 Å². The Morgan fingerprint density at radius 2 is 2.14 bits per heavy atom. The SMILES string of the molecule is CCC(=O)N[C@@H]1CCC[C@@H](C(C)C)C1. The van der Waals surface area contributed by atoms with Gasteiger partial charge in [0.1, 0.15) is 0 Å². The van der Waals surface area contributed by atoms with Crippen molar-refractivity contribution in [2.75, 3.05) is 0 Å². The molecule has 0 aromatic heterocycles. The zero-order chi connectivity index (χ0) is 10.6. The standard InChI is InChI=1S/C12H23NO/c1-4-12(14)13-11-7-5-6-10(8-11)9(2)3/h9-11H,4-8H2,1-3H3,(H,13,14)/t10-,11-/m1/s1. The Kier molecular flexibility index (Phi) is 4.43. The molecule has 2 heteroatoms. The highest BCUT2D eigenvalue weighted by molar-refractivity contribution is 5.75. The predicted octanol–water partition coefficient (Wildman–Crippen LogP) is 2.73. The Labute approximate surface area is 87.5 Å². The third-order valence-electron chi connectivity index (χ3n) is 3.34. The fourth-order valence-electron chi connectivity index (χ4n) is 2.29. The van der Waals surface area contributed by atoms with Crippen molar-refractivity contribution in [3.8, 4) is 0 Å². The Balaban J connectivity index is 2.36. The monoisotopic (exact) mass is 197 g/mol. The predicted molar refractivity (Wildman–Crippen MR) is 59.0 cm³/mol. The third kappa shape index (κ3) is 3.32. The van der Waals surface area contributed by atoms with Crippen LogP contribution in [0.2, 0.25) is 0 Å². The van der Waals surface area contributed by atoms with Crippen LogP contribution in [0.4, 0.5) is 0 Å². The second kappa shape index (κ2) is 5.38. The molecule has 82 valence electrons. The molecule has 0 saturated heterocycles. The number of rotatable bonds is 3. The van der Waals surface area contributed by atoms with Crippen molar-refractivity contribution >= 4 is 5.91 Å². The summed E-state index contributed by atoms with van der Waals surface area (Å²) < 4.78 is 0. The molecule has 1 saturated carbocycles. The molecule has 1 aliphatic rings. The molecule has 0 aromatic carbocycles. The fraction of sp³-hybridized carbons (Fsp3) is 0.917. The smallest absolute Gasteiger partial charge is 0.219 e. The van der Waals surface area contributed by atoms with Crippen LogP contribution in [0.5, 0.6) is 0 Å². The van der Waals surface area contributed by atoms with Gasteiger partial charge in [-0.1, -0.05) is 33.6 Å². The summed E-state index contributed by atoms with van der Waals surface area (Å²) in [6.07, 6.45) is 5.59. The molecule has 1 aliphatic carbocycles. The maximum absolute atomic E-state index is 11.2. The highest BCUT2D eigenvalue weighted by atomic mass is 16.1. The summed E-state index contributed by atoms with van der Waals surface area (Å²) in [6.45, 7) is 6.49. The van der Waals surface area contributed by atoms with Gasteiger partial charge in [-0.25, -0.2) is 0 Å². The molecule has 1 N–H and O–H groups in total. The summed E-state index contributed by atoms with van der Waals surface area (Å²) >= 11 is 0. The molecule has 14 heavy (non-hydrogen) atoms. The van der Waals surface area contributed by atoms with Crippen molar-refractivity contribution in [3.05, 3.63) is 0 Å². The van der Waals surface area contributed by atoms with Gasteiger partial charge in [-0.05, 0) is 24.7 Å². The van der Waals surface area contributed by atoms with Crippen LogP contribution < -0.4 is 5.32 Å². The van der Waals surface area contributed by atoms with E-state index in [1.54, 1.807) is 0 Å². The van der Waals surface area contributed by atoms with Crippen LogP contribution in [-0.2, 0) is 4.79 Å². The lowest BCUT2D eigenvalue weighted by Crippen LogP contribution is -2.38. The number of carbonyl (C=O) groups excluding carboxylic acids is 1. The van der Waals surface area contributed by atoms with Crippen molar-refractivity contribution in [2.24, 2.45) is 11.8 Å². The lowest BCUT2D eigenvalue weighted by molar-refractivity contribution is -0.121. The number of amides is 1. The van der Waals surface area contributed by atoms with Gasteiger partial charge in [-0.3, -0.25) is 4.79 Å². The van der Waals surface area contributed by atoms with E-state index in [-0.39, 0.29) is 5.91 Å². The Morgan fingerprint density at radius 1 is 1.43 bits per heavy atom. The first-order valence-electron chi connectivity index (χ1n) is 5.92. The summed E-state index contributed by atoms with van der Waals surface area (Å²) in [5.74, 6) is 1.78. The van der Waals surface area contributed by atoms with E-state index >= 15 is 0 Å². The zero-order valence-electron chi connectivity index (χ0n) is 9.68. The molecule has 0 aromatic rings. The summed E-state index contributed by atoms with van der Waals surface area (Å²) in [4.78, 5) is 11.2. The molecule has 0 heterocycles. The van der Waals surface area contributed by atoms with Crippen molar-refractivity contribution in [1.29, 1.82) is 0 Å². The molecular formula is C12H23NO. The summed E-state index contributed by atoms with van der Waals surface area (Å²) in [5, 5.41) is 3.11. The quantitative estimate of drug-likeness (QED) is 0.740. The van der Waals surface area contributed by atoms with Gasteiger partial charge < -0.3 is 5.32 Å². The Morgan fingerprint density at radius 3 is 2.71 bits per heavy atom. The summed E-state index contributed by atoms with van der Waals surface area (Å²) in [7, 11) is 0. The Bertz CT molecular complexity index is 189. The molecule has 0 radical (unpaired) electrons. The van der Waals surface area contributed by atoms with Crippen LogP contribution in [0.3, 0.4) is 0 Å². The van der Waals surface area contributed by atoms with Gasteiger partial charge in [0.25, 0.3) is 0 Å². The van der Waals surface area contributed by atoms with E-state index in [0.29, 0.717) is 12.5 Å². The summed E-state index contributed by atoms with van der Waals surface area (Å²) in [6, 6.07) is 0.448. The van der Waals surface area contributed by atoms with Gasteiger partial charge in [-0.2, -0.15) is 0 Å². The first-order chi connectivity index (χ1) is 6.63. The highest BCUT2D eigenvalue weighted by Crippen LogP contribution is 2.29. The van der Waals surface area contributed by atoms with Gasteiger partial charge in [0, 0.05) is 12.5 Å². The van der Waals surface area contributed by atoms with Gasteiger partial charge in [0.05, 0.1) is 0 Å². The van der Waals surface area contributed by atoms with Crippen LogP contribution in [0.25, 0.3) is 0 Å². The van der Waals surface area contributed by atoms with Gasteiger partial charge in [0.15, 0.2) is 0 Å². The minimum absolute atomic E-state index is 0.208. The van der Waals surface area contributed by atoms with Crippen molar-refractivity contribution in [2.45, 2.75) is 58.9 Å². The minimum Gasteiger partial charge on any atom is -0.353 e. The van der Waals surface area contributed by atoms with E-state index in [2.05, 4.69) is 19.2 Å². The molecule has 0 spiro atoms. The molecule has 2 atom stereocenters. The number of hydrogen-bond acceptors (Lipinski definition) is 1. The van der Waals surface area contributed by atoms with Crippen molar-refractivity contribution in [1.82, 2.24) is 5.32 Å². The fourth-order valence-corrected chi connectivity index (χ4v) is 2.29. The second-order valence-electron chi connectivity index (χ2n) is 4.79. The highest BCUT2D eigenvalue weighted by Gasteiger charge is 2.24. The first-order valence-corrected chi connectivity index (χ1v) is 5.92. The van der Waals surface area contributed by atoms with Crippen molar-refractivity contribution in [3.63, 3.8) is 0 Å². The van der Waals surface area contributed by atoms with Crippen LogP contribution in [0.15, 0.2) is 0 Å². The van der Waals surface area contributed by atoms with E-state index in [4.69, 9.17) is 0 Å². The molecule has 0 bridgehead atoms. The van der Waals surface area contributed by atoms with Crippen LogP contribution in [-0.4, -0.2) is 11.9 Å². The lowest BCUT2D eigenvalue weighted by atomic mass is 9.79. The average Bonchev–Trinajstić information content (AvgIpc) is 2.18. The maximum Gasteiger partial charge on any atom is 0.219 e. The second-order valence-corrected chi connectivity index (χ2v) is 4.79. The average molecular weight is 197 g/mol. The normalized spacial score (nSPS) is 27.7. The number of carbonyl (C=O) groups is 1. The van der Waals surface area contributed by atoms with E-state index in [9.17, 15) is 4.79 Å². The molecule has 1 fully saturated rings. The van der Waals surface area contributed by atoms with E-state index in [1.165, 1.54) is 25.7 Å². The molecule has 0 unspecified atom stereocenters. The summed E-state index contributed by atoms with van der Waals surface area (Å²) in [5.41, 5.74) is 0. The topological polar surface area (TPSA) is 29.1 Å². The van der Waals surface area contributed by atoms with Gasteiger partial charge in [0.2, 0.25) is 5.91 Å². The maximum atomic E-state index is 11.2. The molecule has 0 aliphatic heterocycles. The van der Waals surface area contributed by atoms with Gasteiger partial charge >= 0.3 is 0 Å². The zero-order valence-corrected chi connectivity index (χ0v) is 9.68. The van der Waals surface area contributed by atoms with E-state index in [1.807, 2.05) is 6.92 Å². The van der Waals surface area contributed by atoms with Crippen LogP contribution >= 0.6 is 0 Å². The van der Waals surface area contributed by atoms with E-state index in [0.717, 1.165) is 11.8 Å². The third-order valence-corrected chi connectivity index (χ3v) is 3.34. The van der Waals surface area contributed by atoms with Crippen LogP contribution in [0.1, 0.15) is 52.9 Å². The minimum atomic E-state index is 0.208. The first kappa shape index (κ1) is 11.5. The largest absolute Gasteiger partial charge is 0.353 e. The number of hydrogen-bond donors (Lipinski definition) is 1. The molecule has 2 nitrogen and oxygen atoms in total. The molecule has 1 amide bonds. The Hall–Kier alpha value is -0.530.